The zero-order chi connectivity index (χ0) is 4.41. The molecule has 0 saturated carbocycles. The van der Waals surface area contributed by atoms with Gasteiger partial charge in [0.05, 0.1) is 0 Å². The quantitative estimate of drug-likeness (QED) is 0.573. The Morgan fingerprint density at radius 2 is 2.50 bits per heavy atom. The summed E-state index contributed by atoms with van der Waals surface area (Å²) in [6, 6.07) is 0. The van der Waals surface area contributed by atoms with Crippen molar-refractivity contribution in [2.75, 3.05) is 0 Å². The Morgan fingerprint density at radius 3 is 2.67 bits per heavy atom. The van der Waals surface area contributed by atoms with Crippen molar-refractivity contribution < 1.29 is 0 Å². The van der Waals surface area contributed by atoms with Gasteiger partial charge in [0.2, 0.25) is 0 Å². The minimum atomic E-state index is 0.873. The summed E-state index contributed by atoms with van der Waals surface area (Å²) in [5.41, 5.74) is 0. The van der Waals surface area contributed by atoms with Gasteiger partial charge in [0.1, 0.15) is 0 Å². The van der Waals surface area contributed by atoms with Gasteiger partial charge in [0.15, 0.2) is 0 Å². The van der Waals surface area contributed by atoms with Crippen LogP contribution in [0.15, 0.2) is 18.7 Å². The maximum absolute atomic E-state index is 3.83. The van der Waals surface area contributed by atoms with Crippen LogP contribution in [0.1, 0.15) is 0 Å². The topological polar surface area (TPSA) is 17.8 Å². The van der Waals surface area contributed by atoms with Crippen LogP contribution in [0.2, 0.25) is 0 Å². The molecule has 0 atom stereocenters. The Labute approximate surface area is 51.4 Å². The van der Waals surface area contributed by atoms with Crippen molar-refractivity contribution >= 4 is 25.0 Å². The summed E-state index contributed by atoms with van der Waals surface area (Å²) in [5.74, 6) is 0. The molecule has 0 aromatic carbocycles. The molecule has 6 heavy (non-hydrogen) atoms. The van der Waals surface area contributed by atoms with E-state index in [4.69, 9.17) is 0 Å². The van der Waals surface area contributed by atoms with Crippen LogP contribution in [0.3, 0.4) is 0 Å². The predicted molar refractivity (Wildman–Crippen MR) is 26.2 cm³/mol. The summed E-state index contributed by atoms with van der Waals surface area (Å²) >= 11 is 0.873. The van der Waals surface area contributed by atoms with E-state index in [1.807, 2.05) is 12.5 Å². The van der Waals surface area contributed by atoms with E-state index in [0.29, 0.717) is 0 Å². The average molecular weight is 278 g/mol. The van der Waals surface area contributed by atoms with Crippen molar-refractivity contribution in [3.05, 3.63) is 18.7 Å². The second-order valence-corrected chi connectivity index (χ2v) is 3.33. The van der Waals surface area contributed by atoms with Gasteiger partial charge in [-0.1, -0.05) is 0 Å². The molecule has 0 aliphatic rings. The second-order valence-electron chi connectivity index (χ2n) is 1.01. The van der Waals surface area contributed by atoms with Gasteiger partial charge >= 0.3 is 51.2 Å². The molecule has 0 unspecified atom stereocenters. The molecule has 0 aliphatic carbocycles. The molecule has 0 aliphatic heterocycles. The molecule has 1 rings (SSSR count). The molecule has 0 fully saturated rings. The molecule has 0 bridgehead atoms. The van der Waals surface area contributed by atoms with Gasteiger partial charge in [-0.2, -0.15) is 0 Å². The molecule has 1 aromatic rings. The Hall–Kier alpha value is 0.0931. The fourth-order valence-electron chi connectivity index (χ4n) is 0.269. The molecular formula is C3H5BiN2. The summed E-state index contributed by atoms with van der Waals surface area (Å²) < 4.78 is 2.06. The first kappa shape index (κ1) is 4.26. The van der Waals surface area contributed by atoms with Crippen LogP contribution in [0, 0.1) is 0 Å². The van der Waals surface area contributed by atoms with Crippen LogP contribution in [0.4, 0.5) is 0 Å². The molecule has 1 aromatic heterocycles. The van der Waals surface area contributed by atoms with E-state index in [0.717, 1.165) is 25.0 Å². The van der Waals surface area contributed by atoms with Crippen molar-refractivity contribution in [3.63, 3.8) is 0 Å². The Bertz CT molecular complexity index is 112. The number of rotatable bonds is 0. The third-order valence-electron chi connectivity index (χ3n) is 0.525. The summed E-state index contributed by atoms with van der Waals surface area (Å²) in [7, 11) is 0. The van der Waals surface area contributed by atoms with E-state index in [2.05, 4.69) is 7.49 Å². The fourth-order valence-corrected chi connectivity index (χ4v) is 0.868. The number of aromatic nitrogens is 2. The number of nitrogens with zero attached hydrogens (tertiary/aromatic N) is 2. The molecule has 0 amide bonds. The Balaban J connectivity index is 3.05. The van der Waals surface area contributed by atoms with E-state index < -0.39 is 0 Å². The summed E-state index contributed by atoms with van der Waals surface area (Å²) in [5, 5.41) is 0. The first-order valence-corrected chi connectivity index (χ1v) is 3.63. The molecule has 0 saturated heterocycles. The number of hydrogen-bond acceptors (Lipinski definition) is 1. The first-order chi connectivity index (χ1) is 2.89. The summed E-state index contributed by atoms with van der Waals surface area (Å²) in [6.07, 6.45) is 5.58. The molecule has 32 valence electrons. The molecule has 2 nitrogen and oxygen atoms in total. The van der Waals surface area contributed by atoms with Gasteiger partial charge < -0.3 is 0 Å². The first-order valence-electron chi connectivity index (χ1n) is 1.62. The molecule has 0 spiro atoms. The van der Waals surface area contributed by atoms with Gasteiger partial charge in [0.25, 0.3) is 0 Å². The van der Waals surface area contributed by atoms with E-state index in [9.17, 15) is 0 Å². The van der Waals surface area contributed by atoms with Crippen LogP contribution >= 0.6 is 0 Å². The number of imidazole rings is 1. The van der Waals surface area contributed by atoms with E-state index in [1.165, 1.54) is 0 Å². The van der Waals surface area contributed by atoms with Crippen molar-refractivity contribution in [2.45, 2.75) is 0 Å². The van der Waals surface area contributed by atoms with Crippen molar-refractivity contribution in [2.24, 2.45) is 0 Å². The summed E-state index contributed by atoms with van der Waals surface area (Å²) in [6.45, 7) is 0. The molecule has 1 heterocycles. The third-order valence-corrected chi connectivity index (χ3v) is 1.71. The standard InChI is InChI=1S/C3H3N2.Bi.2H/c1-2-5-3-4-1;;;/h1-3H;;;/q-1;+1;;. The minimum absolute atomic E-state index is 0.873. The van der Waals surface area contributed by atoms with E-state index in [-0.39, 0.29) is 0 Å². The van der Waals surface area contributed by atoms with Crippen LogP contribution < -0.4 is 0 Å². The monoisotopic (exact) mass is 278 g/mol. The normalized spacial score (nSPS) is 8.83. The van der Waals surface area contributed by atoms with Crippen LogP contribution in [0.5, 0.6) is 0 Å². The van der Waals surface area contributed by atoms with Crippen LogP contribution in [0.25, 0.3) is 0 Å². The van der Waals surface area contributed by atoms with E-state index in [1.54, 1.807) is 6.20 Å². The van der Waals surface area contributed by atoms with Gasteiger partial charge in [-0.05, 0) is 0 Å². The maximum atomic E-state index is 3.83. The van der Waals surface area contributed by atoms with Gasteiger partial charge in [-0.3, -0.25) is 0 Å². The van der Waals surface area contributed by atoms with E-state index >= 15 is 0 Å². The molecule has 3 heteroatoms. The van der Waals surface area contributed by atoms with Crippen molar-refractivity contribution in [1.82, 2.24) is 7.49 Å². The van der Waals surface area contributed by atoms with Gasteiger partial charge in [-0.15, -0.1) is 0 Å². The van der Waals surface area contributed by atoms with Crippen molar-refractivity contribution in [1.29, 1.82) is 0 Å². The summed E-state index contributed by atoms with van der Waals surface area (Å²) in [4.78, 5) is 3.83. The van der Waals surface area contributed by atoms with Crippen molar-refractivity contribution in [3.8, 4) is 0 Å². The Morgan fingerprint density at radius 1 is 1.67 bits per heavy atom. The zero-order valence-electron chi connectivity index (χ0n) is 3.20. The zero-order valence-corrected chi connectivity index (χ0v) is 7.69. The van der Waals surface area contributed by atoms with Gasteiger partial charge in [0, 0.05) is 0 Å². The third kappa shape index (κ3) is 0.778. The van der Waals surface area contributed by atoms with Crippen LogP contribution in [-0.4, -0.2) is 32.5 Å². The predicted octanol–water partition coefficient (Wildman–Crippen LogP) is -0.721. The fraction of sp³-hybridized carbons (Fsp3) is 0. The Kier molecular flexibility index (Phi) is 1.20. The SMILES string of the molecule is [BiH2][n]1ccnc1. The molecule has 0 radical (unpaired) electrons. The second kappa shape index (κ2) is 1.70. The average Bonchev–Trinajstić information content (AvgIpc) is 1.86. The molecular weight excluding hydrogens is 273 g/mol. The number of hydrogen-bond donors (Lipinski definition) is 0. The van der Waals surface area contributed by atoms with Gasteiger partial charge in [-0.25, -0.2) is 0 Å². The molecule has 0 N–H and O–H groups in total. The van der Waals surface area contributed by atoms with Crippen LogP contribution in [-0.2, 0) is 0 Å².